The molecule has 1 N–H and O–H groups in total. The fourth-order valence-corrected chi connectivity index (χ4v) is 3.41. The van der Waals surface area contributed by atoms with Gasteiger partial charge in [-0.15, -0.1) is 13.2 Å². The molecule has 2 aromatic carbocycles. The Kier molecular flexibility index (Phi) is 7.66. The Morgan fingerprint density at radius 2 is 1.56 bits per heavy atom. The van der Waals surface area contributed by atoms with Crippen LogP contribution in [0.5, 0.6) is 5.75 Å². The summed E-state index contributed by atoms with van der Waals surface area (Å²) >= 11 is 5.82. The zero-order chi connectivity index (χ0) is 26.9. The van der Waals surface area contributed by atoms with Gasteiger partial charge in [0, 0.05) is 17.5 Å². The van der Waals surface area contributed by atoms with Crippen molar-refractivity contribution in [3.8, 4) is 28.4 Å². The van der Waals surface area contributed by atoms with Crippen LogP contribution in [0, 0.1) is 0 Å². The summed E-state index contributed by atoms with van der Waals surface area (Å²) in [6.07, 6.45) is -9.55. The molecule has 0 aliphatic rings. The van der Waals surface area contributed by atoms with E-state index in [0.717, 1.165) is 30.3 Å². The lowest BCUT2D eigenvalue weighted by Gasteiger charge is -2.16. The van der Waals surface area contributed by atoms with Gasteiger partial charge in [-0.3, -0.25) is 4.79 Å². The zero-order valence-electron chi connectivity index (χ0n) is 18.8. The number of nitrogens with zero attached hydrogens (tertiary/aromatic N) is 2. The molecule has 0 saturated carbocycles. The van der Waals surface area contributed by atoms with Crippen molar-refractivity contribution in [3.05, 3.63) is 64.8 Å². The molecule has 0 aliphatic carbocycles. The Bertz CT molecular complexity index is 1250. The third kappa shape index (κ3) is 7.41. The average molecular weight is 533 g/mol. The number of benzene rings is 2. The van der Waals surface area contributed by atoms with Crippen LogP contribution in [0.15, 0.2) is 48.5 Å². The van der Waals surface area contributed by atoms with Crippen molar-refractivity contribution < 1.29 is 41.0 Å². The van der Waals surface area contributed by atoms with Gasteiger partial charge in [0.05, 0.1) is 21.9 Å². The molecule has 5 nitrogen and oxygen atoms in total. The van der Waals surface area contributed by atoms with Gasteiger partial charge >= 0.3 is 12.5 Å². The Labute approximate surface area is 206 Å². The number of halogens is 7. The third-order valence-electron chi connectivity index (χ3n) is 4.89. The van der Waals surface area contributed by atoms with E-state index in [0.29, 0.717) is 5.56 Å². The molecule has 0 bridgehead atoms. The van der Waals surface area contributed by atoms with E-state index in [9.17, 15) is 36.2 Å². The number of ether oxygens (including phenoxy) is 1. The summed E-state index contributed by atoms with van der Waals surface area (Å²) in [5.41, 5.74) is -1.78. The molecule has 1 aromatic heterocycles. The number of hydrogen-bond donors (Lipinski definition) is 1. The molecule has 0 amide bonds. The molecule has 0 fully saturated rings. The van der Waals surface area contributed by atoms with Crippen LogP contribution >= 0.6 is 11.6 Å². The first-order valence-corrected chi connectivity index (χ1v) is 10.8. The molecule has 0 atom stereocenters. The Morgan fingerprint density at radius 1 is 0.944 bits per heavy atom. The van der Waals surface area contributed by atoms with Gasteiger partial charge in [0.15, 0.2) is 11.6 Å². The summed E-state index contributed by atoms with van der Waals surface area (Å²) < 4.78 is 80.5. The van der Waals surface area contributed by atoms with Crippen molar-refractivity contribution in [2.24, 2.45) is 0 Å². The van der Waals surface area contributed by atoms with E-state index in [1.807, 2.05) is 0 Å². The standard InChI is InChI=1S/C24H19ClF6N2O3/c1-22(2,35)10-9-20(34)19-12-18(13-3-6-15(7-4-13)36-24(29,30)31)32-21(33-19)14-5-8-16(17(25)11-14)23(26,27)28/h3-8,11-12,35H,9-10H2,1-2H3. The maximum atomic E-state index is 13.1. The van der Waals surface area contributed by atoms with Crippen LogP contribution in [-0.2, 0) is 6.18 Å². The molecule has 0 aliphatic heterocycles. The number of rotatable bonds is 7. The zero-order valence-corrected chi connectivity index (χ0v) is 19.6. The second-order valence-corrected chi connectivity index (χ2v) is 8.87. The summed E-state index contributed by atoms with van der Waals surface area (Å²) in [4.78, 5) is 21.3. The quantitative estimate of drug-likeness (QED) is 0.259. The largest absolute Gasteiger partial charge is 0.573 e. The number of alkyl halides is 6. The van der Waals surface area contributed by atoms with Crippen LogP contribution in [0.4, 0.5) is 26.3 Å². The predicted molar refractivity (Wildman–Crippen MR) is 119 cm³/mol. The van der Waals surface area contributed by atoms with E-state index < -0.39 is 40.3 Å². The minimum absolute atomic E-state index is 0.0865. The SMILES string of the molecule is CC(C)(O)CCC(=O)c1cc(-c2ccc(OC(F)(F)F)cc2)nc(-c2ccc(C(F)(F)F)c(Cl)c2)n1. The minimum atomic E-state index is -4.88. The summed E-state index contributed by atoms with van der Waals surface area (Å²) in [6, 6.07) is 8.82. The van der Waals surface area contributed by atoms with Crippen molar-refractivity contribution in [1.29, 1.82) is 0 Å². The molecule has 1 heterocycles. The molecular formula is C24H19ClF6N2O3. The lowest BCUT2D eigenvalue weighted by atomic mass is 9.99. The first kappa shape index (κ1) is 27.4. The molecule has 0 spiro atoms. The van der Waals surface area contributed by atoms with Crippen molar-refractivity contribution in [2.75, 3.05) is 0 Å². The molecule has 12 heteroatoms. The number of Topliss-reactive ketones (excluding diaryl/α,β-unsaturated/α-hetero) is 1. The van der Waals surface area contributed by atoms with Gasteiger partial charge in [0.2, 0.25) is 0 Å². The Morgan fingerprint density at radius 3 is 2.08 bits per heavy atom. The Hall–Kier alpha value is -3.18. The minimum Gasteiger partial charge on any atom is -0.406 e. The average Bonchev–Trinajstić information content (AvgIpc) is 2.75. The van der Waals surface area contributed by atoms with Crippen molar-refractivity contribution >= 4 is 17.4 Å². The number of carbonyl (C=O) groups is 1. The van der Waals surface area contributed by atoms with Crippen molar-refractivity contribution in [2.45, 2.75) is 44.8 Å². The highest BCUT2D eigenvalue weighted by molar-refractivity contribution is 6.31. The number of aliphatic hydroxyl groups is 1. The molecule has 0 unspecified atom stereocenters. The van der Waals surface area contributed by atoms with E-state index in [1.165, 1.54) is 32.0 Å². The number of hydrogen-bond acceptors (Lipinski definition) is 5. The second-order valence-electron chi connectivity index (χ2n) is 8.46. The summed E-state index contributed by atoms with van der Waals surface area (Å²) in [6.45, 7) is 3.04. The normalized spacial score (nSPS) is 12.5. The van der Waals surface area contributed by atoms with Crippen LogP contribution in [0.2, 0.25) is 5.02 Å². The summed E-state index contributed by atoms with van der Waals surface area (Å²) in [7, 11) is 0. The maximum absolute atomic E-state index is 13.1. The van der Waals surface area contributed by atoms with Gasteiger partial charge in [-0.1, -0.05) is 17.7 Å². The van der Waals surface area contributed by atoms with Gasteiger partial charge < -0.3 is 9.84 Å². The van der Waals surface area contributed by atoms with E-state index >= 15 is 0 Å². The molecule has 36 heavy (non-hydrogen) atoms. The highest BCUT2D eigenvalue weighted by Gasteiger charge is 2.33. The first-order valence-electron chi connectivity index (χ1n) is 10.4. The van der Waals surface area contributed by atoms with E-state index in [1.54, 1.807) is 0 Å². The van der Waals surface area contributed by atoms with E-state index in [-0.39, 0.29) is 35.6 Å². The lowest BCUT2D eigenvalue weighted by Crippen LogP contribution is -2.20. The smallest absolute Gasteiger partial charge is 0.406 e. The summed E-state index contributed by atoms with van der Waals surface area (Å²) in [5.74, 6) is -1.07. The van der Waals surface area contributed by atoms with Crippen LogP contribution in [0.3, 0.4) is 0 Å². The first-order chi connectivity index (χ1) is 16.5. The lowest BCUT2D eigenvalue weighted by molar-refractivity contribution is -0.274. The molecule has 3 rings (SSSR count). The number of aromatic nitrogens is 2. The topological polar surface area (TPSA) is 72.3 Å². The Balaban J connectivity index is 2.06. The number of ketones is 1. The molecule has 3 aromatic rings. The van der Waals surface area contributed by atoms with E-state index in [4.69, 9.17) is 11.6 Å². The molecule has 192 valence electrons. The summed E-state index contributed by atoms with van der Waals surface area (Å²) in [5, 5.41) is 9.32. The van der Waals surface area contributed by atoms with Crippen LogP contribution in [0.25, 0.3) is 22.6 Å². The molecular weight excluding hydrogens is 514 g/mol. The predicted octanol–water partition coefficient (Wildman–Crippen LogP) is 7.12. The van der Waals surface area contributed by atoms with Crippen molar-refractivity contribution in [3.63, 3.8) is 0 Å². The highest BCUT2D eigenvalue weighted by atomic mass is 35.5. The fraction of sp³-hybridized carbons (Fsp3) is 0.292. The van der Waals surface area contributed by atoms with Crippen LogP contribution in [-0.4, -0.2) is 32.8 Å². The monoisotopic (exact) mass is 532 g/mol. The molecule has 0 saturated heterocycles. The van der Waals surface area contributed by atoms with Gasteiger partial charge in [0.25, 0.3) is 0 Å². The van der Waals surface area contributed by atoms with Gasteiger partial charge in [-0.25, -0.2) is 9.97 Å². The second kappa shape index (κ2) is 10.1. The van der Waals surface area contributed by atoms with Gasteiger partial charge in [-0.05, 0) is 62.7 Å². The highest BCUT2D eigenvalue weighted by Crippen LogP contribution is 2.37. The van der Waals surface area contributed by atoms with Crippen LogP contribution in [0.1, 0.15) is 42.7 Å². The van der Waals surface area contributed by atoms with Crippen LogP contribution < -0.4 is 4.74 Å². The van der Waals surface area contributed by atoms with Gasteiger partial charge in [0.1, 0.15) is 11.4 Å². The maximum Gasteiger partial charge on any atom is 0.573 e. The number of carbonyl (C=O) groups excluding carboxylic acids is 1. The third-order valence-corrected chi connectivity index (χ3v) is 5.20. The van der Waals surface area contributed by atoms with E-state index in [2.05, 4.69) is 14.7 Å². The van der Waals surface area contributed by atoms with Crippen molar-refractivity contribution in [1.82, 2.24) is 9.97 Å². The molecule has 0 radical (unpaired) electrons. The van der Waals surface area contributed by atoms with Gasteiger partial charge in [-0.2, -0.15) is 13.2 Å². The fourth-order valence-electron chi connectivity index (χ4n) is 3.13.